The third-order valence-corrected chi connectivity index (χ3v) is 3.65. The van der Waals surface area contributed by atoms with Crippen LogP contribution in [0.25, 0.3) is 0 Å². The number of rotatable bonds is 4. The summed E-state index contributed by atoms with van der Waals surface area (Å²) in [4.78, 5) is 18.8. The summed E-state index contributed by atoms with van der Waals surface area (Å²) >= 11 is 3.21. The lowest BCUT2D eigenvalue weighted by Crippen LogP contribution is -2.19. The zero-order valence-electron chi connectivity index (χ0n) is 9.42. The van der Waals surface area contributed by atoms with Crippen molar-refractivity contribution in [3.8, 4) is 0 Å². The Balaban J connectivity index is 2.34. The van der Waals surface area contributed by atoms with Crippen LogP contribution in [0.1, 0.15) is 37.4 Å². The van der Waals surface area contributed by atoms with Crippen molar-refractivity contribution in [1.82, 2.24) is 9.97 Å². The van der Waals surface area contributed by atoms with Gasteiger partial charge in [-0.15, -0.1) is 0 Å². The molecule has 88 valence electrons. The zero-order valence-corrected chi connectivity index (χ0v) is 11.0. The summed E-state index contributed by atoms with van der Waals surface area (Å²) in [6.07, 6.45) is 2.26. The monoisotopic (exact) mass is 286 g/mol. The molecule has 0 aromatic carbocycles. The number of H-pyrrole nitrogens is 1. The van der Waals surface area contributed by atoms with Crippen LogP contribution in [0.5, 0.6) is 0 Å². The average Bonchev–Trinajstić information content (AvgIpc) is 3.05. The highest BCUT2D eigenvalue weighted by Crippen LogP contribution is 2.42. The van der Waals surface area contributed by atoms with Gasteiger partial charge < -0.3 is 9.72 Å². The minimum absolute atomic E-state index is 0.0514. The summed E-state index contributed by atoms with van der Waals surface area (Å²) < 4.78 is 6.16. The number of hydrogen-bond donors (Lipinski definition) is 1. The van der Waals surface area contributed by atoms with Crippen LogP contribution in [-0.2, 0) is 4.74 Å². The smallest absolute Gasteiger partial charge is 0.265 e. The molecule has 1 saturated carbocycles. The second-order valence-corrected chi connectivity index (χ2v) is 4.86. The van der Waals surface area contributed by atoms with E-state index in [2.05, 4.69) is 25.9 Å². The molecule has 0 spiro atoms. The minimum atomic E-state index is -0.132. The van der Waals surface area contributed by atoms with Gasteiger partial charge in [-0.05, 0) is 48.5 Å². The molecule has 0 aliphatic heterocycles. The molecule has 1 aliphatic rings. The van der Waals surface area contributed by atoms with Crippen LogP contribution in [0.4, 0.5) is 0 Å². The molecule has 16 heavy (non-hydrogen) atoms. The molecule has 2 rings (SSSR count). The molecule has 0 saturated heterocycles. The summed E-state index contributed by atoms with van der Waals surface area (Å²) in [6, 6.07) is 0. The lowest BCUT2D eigenvalue weighted by molar-refractivity contribution is 0.0397. The van der Waals surface area contributed by atoms with Crippen LogP contribution in [-0.4, -0.2) is 16.6 Å². The Morgan fingerprint density at radius 2 is 2.31 bits per heavy atom. The number of aryl methyl sites for hydroxylation is 1. The van der Waals surface area contributed by atoms with Gasteiger partial charge in [0, 0.05) is 6.61 Å². The number of hydrogen-bond acceptors (Lipinski definition) is 3. The maximum Gasteiger partial charge on any atom is 0.265 e. The molecule has 0 radical (unpaired) electrons. The Hall–Kier alpha value is -0.680. The Labute approximate surface area is 103 Å². The first-order valence-corrected chi connectivity index (χ1v) is 6.30. The topological polar surface area (TPSA) is 55.0 Å². The van der Waals surface area contributed by atoms with Crippen molar-refractivity contribution in [3.63, 3.8) is 0 Å². The van der Waals surface area contributed by atoms with E-state index >= 15 is 0 Å². The van der Waals surface area contributed by atoms with Crippen molar-refractivity contribution in [1.29, 1.82) is 0 Å². The number of aromatic amines is 1. The van der Waals surface area contributed by atoms with E-state index in [1.807, 2.05) is 13.8 Å². The third kappa shape index (κ3) is 2.35. The third-order valence-electron chi connectivity index (χ3n) is 2.71. The van der Waals surface area contributed by atoms with E-state index in [4.69, 9.17) is 4.74 Å². The highest BCUT2D eigenvalue weighted by Gasteiger charge is 2.34. The summed E-state index contributed by atoms with van der Waals surface area (Å²) in [5, 5.41) is 0. The van der Waals surface area contributed by atoms with Gasteiger partial charge in [-0.3, -0.25) is 4.79 Å². The van der Waals surface area contributed by atoms with Gasteiger partial charge >= 0.3 is 0 Å². The van der Waals surface area contributed by atoms with Crippen molar-refractivity contribution in [2.75, 3.05) is 6.61 Å². The van der Waals surface area contributed by atoms with Gasteiger partial charge in [0.25, 0.3) is 5.56 Å². The summed E-state index contributed by atoms with van der Waals surface area (Å²) in [5.41, 5.74) is 0.581. The van der Waals surface area contributed by atoms with Gasteiger partial charge in [-0.1, -0.05) is 0 Å². The molecule has 0 bridgehead atoms. The first-order valence-electron chi connectivity index (χ1n) is 5.51. The van der Waals surface area contributed by atoms with Gasteiger partial charge in [0.1, 0.15) is 16.4 Å². The van der Waals surface area contributed by atoms with Gasteiger partial charge in [-0.2, -0.15) is 0 Å². The maximum atomic E-state index is 11.6. The highest BCUT2D eigenvalue weighted by atomic mass is 79.9. The van der Waals surface area contributed by atoms with Crippen LogP contribution >= 0.6 is 15.9 Å². The van der Waals surface area contributed by atoms with Gasteiger partial charge in [0.05, 0.1) is 5.69 Å². The molecule has 1 N–H and O–H groups in total. The number of aromatic nitrogens is 2. The molecule has 0 amide bonds. The number of halogens is 1. The summed E-state index contributed by atoms with van der Waals surface area (Å²) in [7, 11) is 0. The molecular formula is C11H15BrN2O2. The number of ether oxygens (including phenoxy) is 1. The maximum absolute atomic E-state index is 11.6. The second kappa shape index (κ2) is 4.67. The van der Waals surface area contributed by atoms with Gasteiger partial charge in [0.2, 0.25) is 0 Å². The standard InChI is InChI=1S/C11H15BrN2O2/c1-3-16-9(7-4-5-7)10-13-6(2)8(12)11(15)14-10/h7,9H,3-5H2,1-2H3,(H,13,14,15). The van der Waals surface area contributed by atoms with Crippen molar-refractivity contribution in [3.05, 3.63) is 26.3 Å². The van der Waals surface area contributed by atoms with Crippen LogP contribution in [0.3, 0.4) is 0 Å². The average molecular weight is 287 g/mol. The fourth-order valence-corrected chi connectivity index (χ4v) is 1.93. The molecule has 1 aliphatic carbocycles. The van der Waals surface area contributed by atoms with E-state index in [0.29, 0.717) is 28.5 Å². The molecular weight excluding hydrogens is 272 g/mol. The predicted molar refractivity (Wildman–Crippen MR) is 64.4 cm³/mol. The largest absolute Gasteiger partial charge is 0.370 e. The fraction of sp³-hybridized carbons (Fsp3) is 0.636. The van der Waals surface area contributed by atoms with Crippen LogP contribution in [0.15, 0.2) is 9.27 Å². The predicted octanol–water partition coefficient (Wildman–Crippen LogP) is 2.33. The molecule has 1 atom stereocenters. The molecule has 1 unspecified atom stereocenters. The van der Waals surface area contributed by atoms with Gasteiger partial charge in [0.15, 0.2) is 0 Å². The van der Waals surface area contributed by atoms with Gasteiger partial charge in [-0.25, -0.2) is 4.98 Å². The molecule has 5 heteroatoms. The Morgan fingerprint density at radius 3 is 2.81 bits per heavy atom. The lowest BCUT2D eigenvalue weighted by Gasteiger charge is -2.15. The number of nitrogens with one attached hydrogen (secondary N) is 1. The molecule has 1 aromatic heterocycles. The highest BCUT2D eigenvalue weighted by molar-refractivity contribution is 9.10. The SMILES string of the molecule is CCOC(c1nc(C)c(Br)c(=O)[nH]1)C1CC1. The summed E-state index contributed by atoms with van der Waals surface area (Å²) in [6.45, 7) is 4.41. The van der Waals surface area contributed by atoms with E-state index < -0.39 is 0 Å². The first-order chi connectivity index (χ1) is 7.63. The van der Waals surface area contributed by atoms with E-state index in [0.717, 1.165) is 12.8 Å². The van der Waals surface area contributed by atoms with E-state index in [9.17, 15) is 4.79 Å². The Kier molecular flexibility index (Phi) is 3.44. The minimum Gasteiger partial charge on any atom is -0.370 e. The van der Waals surface area contributed by atoms with Crippen molar-refractivity contribution in [2.24, 2.45) is 5.92 Å². The quantitative estimate of drug-likeness (QED) is 0.924. The van der Waals surface area contributed by atoms with Crippen molar-refractivity contribution >= 4 is 15.9 Å². The van der Waals surface area contributed by atoms with Crippen LogP contribution < -0.4 is 5.56 Å². The first kappa shape index (κ1) is 11.8. The molecule has 1 fully saturated rings. The van der Waals surface area contributed by atoms with Crippen molar-refractivity contribution in [2.45, 2.75) is 32.8 Å². The summed E-state index contributed by atoms with van der Waals surface area (Å²) in [5.74, 6) is 1.18. The van der Waals surface area contributed by atoms with E-state index in [1.54, 1.807) is 0 Å². The molecule has 1 aromatic rings. The lowest BCUT2D eigenvalue weighted by atomic mass is 10.2. The van der Waals surface area contributed by atoms with Crippen LogP contribution in [0.2, 0.25) is 0 Å². The fourth-order valence-electron chi connectivity index (χ4n) is 1.74. The number of nitrogens with zero attached hydrogens (tertiary/aromatic N) is 1. The van der Waals surface area contributed by atoms with E-state index in [1.165, 1.54) is 0 Å². The van der Waals surface area contributed by atoms with Crippen molar-refractivity contribution < 1.29 is 4.74 Å². The Morgan fingerprint density at radius 1 is 1.62 bits per heavy atom. The Bertz CT molecular complexity index is 440. The molecule has 4 nitrogen and oxygen atoms in total. The zero-order chi connectivity index (χ0) is 11.7. The normalized spacial score (nSPS) is 17.4. The van der Waals surface area contributed by atoms with Crippen LogP contribution in [0, 0.1) is 12.8 Å². The second-order valence-electron chi connectivity index (χ2n) is 4.06. The van der Waals surface area contributed by atoms with E-state index in [-0.39, 0.29) is 11.7 Å². The molecule has 1 heterocycles.